The predicted octanol–water partition coefficient (Wildman–Crippen LogP) is 3.77. The summed E-state index contributed by atoms with van der Waals surface area (Å²) in [5, 5.41) is 1.37. The number of fused-ring (bicyclic) bond motifs is 2. The third kappa shape index (κ3) is 2.47. The van der Waals surface area contributed by atoms with E-state index in [-0.39, 0.29) is 0 Å². The molecule has 2 heteroatoms. The topological polar surface area (TPSA) is 19.0 Å². The monoisotopic (exact) mass is 276 g/mol. The standard InChI is InChI=1S/C19H20N2/c1-2-6-17-14-21(11-9-15(17)5-1)12-10-16-13-20-19-8-4-3-7-18(16)19/h1-8,13,20H,9-12,14H2. The molecule has 0 amide bonds. The Bertz CT molecular complexity index is 757. The fourth-order valence-electron chi connectivity index (χ4n) is 3.36. The van der Waals surface area contributed by atoms with Crippen molar-refractivity contribution in [2.24, 2.45) is 0 Å². The molecule has 2 heterocycles. The van der Waals surface area contributed by atoms with E-state index in [0.717, 1.165) is 19.5 Å². The minimum atomic E-state index is 1.10. The Morgan fingerprint density at radius 2 is 1.76 bits per heavy atom. The summed E-state index contributed by atoms with van der Waals surface area (Å²) in [6, 6.07) is 17.4. The van der Waals surface area contributed by atoms with Gasteiger partial charge < -0.3 is 4.98 Å². The quantitative estimate of drug-likeness (QED) is 0.771. The van der Waals surface area contributed by atoms with Gasteiger partial charge in [0.2, 0.25) is 0 Å². The van der Waals surface area contributed by atoms with E-state index in [1.165, 1.54) is 40.6 Å². The van der Waals surface area contributed by atoms with E-state index in [1.807, 2.05) is 0 Å². The van der Waals surface area contributed by atoms with Crippen LogP contribution < -0.4 is 0 Å². The first kappa shape index (κ1) is 12.7. The van der Waals surface area contributed by atoms with Crippen LogP contribution in [0, 0.1) is 0 Å². The summed E-state index contributed by atoms with van der Waals surface area (Å²) in [5.74, 6) is 0. The van der Waals surface area contributed by atoms with Crippen LogP contribution in [-0.4, -0.2) is 23.0 Å². The molecule has 2 nitrogen and oxygen atoms in total. The normalized spacial score (nSPS) is 15.2. The molecular formula is C19H20N2. The molecule has 1 N–H and O–H groups in total. The Labute approximate surface area is 125 Å². The zero-order valence-corrected chi connectivity index (χ0v) is 12.2. The van der Waals surface area contributed by atoms with Crippen LogP contribution in [0.4, 0.5) is 0 Å². The van der Waals surface area contributed by atoms with Gasteiger partial charge >= 0.3 is 0 Å². The summed E-state index contributed by atoms with van der Waals surface area (Å²) in [6.45, 7) is 3.41. The molecule has 1 aliphatic rings. The van der Waals surface area contributed by atoms with E-state index in [0.29, 0.717) is 0 Å². The molecule has 21 heavy (non-hydrogen) atoms. The van der Waals surface area contributed by atoms with Gasteiger partial charge in [0.15, 0.2) is 0 Å². The molecule has 1 aromatic heterocycles. The number of aromatic nitrogens is 1. The van der Waals surface area contributed by atoms with Gasteiger partial charge in [0.1, 0.15) is 0 Å². The van der Waals surface area contributed by atoms with Gasteiger partial charge in [0, 0.05) is 36.7 Å². The van der Waals surface area contributed by atoms with Crippen molar-refractivity contribution < 1.29 is 0 Å². The first-order chi connectivity index (χ1) is 10.4. The smallest absolute Gasteiger partial charge is 0.0456 e. The third-order valence-electron chi connectivity index (χ3n) is 4.58. The molecular weight excluding hydrogens is 256 g/mol. The maximum absolute atomic E-state index is 3.37. The molecule has 3 aromatic rings. The fraction of sp³-hybridized carbons (Fsp3) is 0.263. The molecule has 0 unspecified atom stereocenters. The first-order valence-electron chi connectivity index (χ1n) is 7.74. The van der Waals surface area contributed by atoms with Crippen molar-refractivity contribution in [3.05, 3.63) is 71.4 Å². The molecule has 0 saturated heterocycles. The van der Waals surface area contributed by atoms with Gasteiger partial charge in [0.05, 0.1) is 0 Å². The number of hydrogen-bond donors (Lipinski definition) is 1. The first-order valence-corrected chi connectivity index (χ1v) is 7.74. The van der Waals surface area contributed by atoms with Gasteiger partial charge in [-0.25, -0.2) is 0 Å². The molecule has 0 atom stereocenters. The van der Waals surface area contributed by atoms with Crippen molar-refractivity contribution in [2.45, 2.75) is 19.4 Å². The second kappa shape index (κ2) is 5.38. The summed E-state index contributed by atoms with van der Waals surface area (Å²) >= 11 is 0. The van der Waals surface area contributed by atoms with Gasteiger partial charge in [-0.1, -0.05) is 42.5 Å². The minimum absolute atomic E-state index is 1.10. The molecule has 0 spiro atoms. The van der Waals surface area contributed by atoms with Crippen LogP contribution in [0.1, 0.15) is 16.7 Å². The van der Waals surface area contributed by atoms with Crippen molar-refractivity contribution in [3.8, 4) is 0 Å². The third-order valence-corrected chi connectivity index (χ3v) is 4.58. The molecule has 2 aromatic carbocycles. The highest BCUT2D eigenvalue weighted by Crippen LogP contribution is 2.21. The van der Waals surface area contributed by atoms with E-state index >= 15 is 0 Å². The molecule has 0 saturated carbocycles. The predicted molar refractivity (Wildman–Crippen MR) is 87.4 cm³/mol. The van der Waals surface area contributed by atoms with Crippen LogP contribution in [0.15, 0.2) is 54.7 Å². The zero-order valence-electron chi connectivity index (χ0n) is 12.2. The van der Waals surface area contributed by atoms with E-state index in [2.05, 4.69) is 64.6 Å². The fourth-order valence-corrected chi connectivity index (χ4v) is 3.36. The Morgan fingerprint density at radius 1 is 0.952 bits per heavy atom. The highest BCUT2D eigenvalue weighted by Gasteiger charge is 2.15. The molecule has 0 radical (unpaired) electrons. The molecule has 0 fully saturated rings. The average Bonchev–Trinajstić information content (AvgIpc) is 2.96. The van der Waals surface area contributed by atoms with Crippen LogP contribution in [0.5, 0.6) is 0 Å². The van der Waals surface area contributed by atoms with Crippen LogP contribution in [0.3, 0.4) is 0 Å². The number of benzene rings is 2. The number of nitrogens with one attached hydrogen (secondary N) is 1. The minimum Gasteiger partial charge on any atom is -0.361 e. The number of aromatic amines is 1. The largest absolute Gasteiger partial charge is 0.361 e. The Hall–Kier alpha value is -2.06. The molecule has 106 valence electrons. The maximum Gasteiger partial charge on any atom is 0.0456 e. The van der Waals surface area contributed by atoms with Crippen molar-refractivity contribution >= 4 is 10.9 Å². The highest BCUT2D eigenvalue weighted by atomic mass is 15.1. The Kier molecular flexibility index (Phi) is 3.24. The number of para-hydroxylation sites is 1. The van der Waals surface area contributed by atoms with Crippen LogP contribution in [0.2, 0.25) is 0 Å². The lowest BCUT2D eigenvalue weighted by Gasteiger charge is -2.28. The lowest BCUT2D eigenvalue weighted by atomic mass is 9.99. The molecule has 4 rings (SSSR count). The van der Waals surface area contributed by atoms with Gasteiger partial charge in [-0.15, -0.1) is 0 Å². The lowest BCUT2D eigenvalue weighted by molar-refractivity contribution is 0.257. The Balaban J connectivity index is 1.46. The van der Waals surface area contributed by atoms with Gasteiger partial charge in [-0.3, -0.25) is 4.90 Å². The van der Waals surface area contributed by atoms with Crippen molar-refractivity contribution in [3.63, 3.8) is 0 Å². The number of hydrogen-bond acceptors (Lipinski definition) is 1. The summed E-state index contributed by atoms with van der Waals surface area (Å²) in [4.78, 5) is 5.95. The van der Waals surface area contributed by atoms with Crippen molar-refractivity contribution in [1.82, 2.24) is 9.88 Å². The SMILES string of the molecule is c1ccc2c(c1)CCN(CCc1c[nH]c3ccccc13)C2. The van der Waals surface area contributed by atoms with E-state index in [4.69, 9.17) is 0 Å². The molecule has 1 aliphatic heterocycles. The van der Waals surface area contributed by atoms with Crippen molar-refractivity contribution in [1.29, 1.82) is 0 Å². The summed E-state index contributed by atoms with van der Waals surface area (Å²) in [7, 11) is 0. The zero-order chi connectivity index (χ0) is 14.1. The van der Waals surface area contributed by atoms with Crippen LogP contribution >= 0.6 is 0 Å². The van der Waals surface area contributed by atoms with E-state index in [9.17, 15) is 0 Å². The van der Waals surface area contributed by atoms with E-state index in [1.54, 1.807) is 0 Å². The second-order valence-electron chi connectivity index (χ2n) is 5.90. The Morgan fingerprint density at radius 3 is 2.71 bits per heavy atom. The molecule has 0 aliphatic carbocycles. The maximum atomic E-state index is 3.37. The number of rotatable bonds is 3. The second-order valence-corrected chi connectivity index (χ2v) is 5.90. The van der Waals surface area contributed by atoms with E-state index < -0.39 is 0 Å². The van der Waals surface area contributed by atoms with Gasteiger partial charge in [-0.05, 0) is 35.6 Å². The van der Waals surface area contributed by atoms with Crippen molar-refractivity contribution in [2.75, 3.05) is 13.1 Å². The summed E-state index contributed by atoms with van der Waals surface area (Å²) in [5.41, 5.74) is 5.71. The highest BCUT2D eigenvalue weighted by molar-refractivity contribution is 5.83. The van der Waals surface area contributed by atoms with Gasteiger partial charge in [0.25, 0.3) is 0 Å². The lowest BCUT2D eigenvalue weighted by Crippen LogP contribution is -2.32. The van der Waals surface area contributed by atoms with Crippen LogP contribution in [-0.2, 0) is 19.4 Å². The number of H-pyrrole nitrogens is 1. The summed E-state index contributed by atoms with van der Waals surface area (Å²) < 4.78 is 0. The van der Waals surface area contributed by atoms with Gasteiger partial charge in [-0.2, -0.15) is 0 Å². The average molecular weight is 276 g/mol. The van der Waals surface area contributed by atoms with Crippen LogP contribution in [0.25, 0.3) is 10.9 Å². The molecule has 0 bridgehead atoms. The summed E-state index contributed by atoms with van der Waals surface area (Å²) in [6.07, 6.45) is 4.47. The number of nitrogens with zero attached hydrogens (tertiary/aromatic N) is 1.